The van der Waals surface area contributed by atoms with Crippen molar-refractivity contribution >= 4 is 28.8 Å². The highest BCUT2D eigenvalue weighted by Gasteiger charge is 2.12. The normalized spacial score (nSPS) is 9.71. The van der Waals surface area contributed by atoms with Crippen LogP contribution in [0.4, 0.5) is 17.1 Å². The van der Waals surface area contributed by atoms with E-state index in [1.807, 2.05) is 0 Å². The topological polar surface area (TPSA) is 115 Å². The van der Waals surface area contributed by atoms with Gasteiger partial charge in [-0.1, -0.05) is 0 Å². The smallest absolute Gasteiger partial charge is 0.292 e. The molecule has 0 aliphatic heterocycles. The third kappa shape index (κ3) is 3.56. The number of carbonyl (C=O) groups excluding carboxylic acids is 2. The lowest BCUT2D eigenvalue weighted by atomic mass is 10.2. The molecule has 0 heterocycles. The molecule has 0 aliphatic carbocycles. The van der Waals surface area contributed by atoms with E-state index in [-0.39, 0.29) is 23.6 Å². The Bertz CT molecular complexity index is 484. The van der Waals surface area contributed by atoms with Crippen molar-refractivity contribution in [2.24, 2.45) is 0 Å². The molecule has 7 heteroatoms. The standard InChI is InChI=1S/C10H11N3O4/c1-6(14)4-10(15)12-7-2-3-9(13(16)17)8(11)5-7/h2-3,5H,4,11H2,1H3,(H,12,15). The SMILES string of the molecule is CC(=O)CC(=O)Nc1ccc([N+](=O)[O-])c(N)c1. The van der Waals surface area contributed by atoms with Gasteiger partial charge in [0.15, 0.2) is 0 Å². The van der Waals surface area contributed by atoms with E-state index in [2.05, 4.69) is 5.32 Å². The number of carbonyl (C=O) groups is 2. The zero-order valence-electron chi connectivity index (χ0n) is 9.10. The number of nitrogens with one attached hydrogen (secondary N) is 1. The maximum Gasteiger partial charge on any atom is 0.292 e. The van der Waals surface area contributed by atoms with Crippen LogP contribution in [-0.4, -0.2) is 16.6 Å². The highest BCUT2D eigenvalue weighted by atomic mass is 16.6. The maximum atomic E-state index is 11.2. The Morgan fingerprint density at radius 1 is 1.47 bits per heavy atom. The molecule has 1 rings (SSSR count). The summed E-state index contributed by atoms with van der Waals surface area (Å²) in [6, 6.07) is 3.82. The Labute approximate surface area is 96.8 Å². The largest absolute Gasteiger partial charge is 0.393 e. The number of hydrogen-bond donors (Lipinski definition) is 2. The number of anilines is 2. The second kappa shape index (κ2) is 5.06. The Morgan fingerprint density at radius 3 is 2.59 bits per heavy atom. The van der Waals surface area contributed by atoms with Gasteiger partial charge in [-0.05, 0) is 19.1 Å². The second-order valence-electron chi connectivity index (χ2n) is 3.46. The Kier molecular flexibility index (Phi) is 3.76. The maximum absolute atomic E-state index is 11.2. The fourth-order valence-electron chi connectivity index (χ4n) is 1.23. The Hall–Kier alpha value is -2.44. The molecule has 0 radical (unpaired) electrons. The van der Waals surface area contributed by atoms with E-state index in [9.17, 15) is 19.7 Å². The third-order valence-electron chi connectivity index (χ3n) is 1.92. The van der Waals surface area contributed by atoms with Gasteiger partial charge >= 0.3 is 0 Å². The zero-order chi connectivity index (χ0) is 13.0. The van der Waals surface area contributed by atoms with Gasteiger partial charge in [-0.2, -0.15) is 0 Å². The lowest BCUT2D eigenvalue weighted by molar-refractivity contribution is -0.383. The van der Waals surface area contributed by atoms with Gasteiger partial charge in [0.25, 0.3) is 5.69 Å². The van der Waals surface area contributed by atoms with Crippen molar-refractivity contribution in [2.45, 2.75) is 13.3 Å². The molecule has 0 unspecified atom stereocenters. The molecule has 17 heavy (non-hydrogen) atoms. The number of nitro groups is 1. The first-order valence-corrected chi connectivity index (χ1v) is 4.73. The van der Waals surface area contributed by atoms with Crippen LogP contribution < -0.4 is 11.1 Å². The lowest BCUT2D eigenvalue weighted by Gasteiger charge is -2.04. The van der Waals surface area contributed by atoms with Crippen LogP contribution >= 0.6 is 0 Å². The Morgan fingerprint density at radius 2 is 2.12 bits per heavy atom. The van der Waals surface area contributed by atoms with Crippen molar-refractivity contribution in [2.75, 3.05) is 11.1 Å². The first kappa shape index (κ1) is 12.6. The number of nitrogen functional groups attached to an aromatic ring is 1. The first-order valence-electron chi connectivity index (χ1n) is 4.73. The van der Waals surface area contributed by atoms with Crippen LogP contribution in [-0.2, 0) is 9.59 Å². The number of amides is 1. The number of rotatable bonds is 4. The van der Waals surface area contributed by atoms with Gasteiger partial charge in [-0.25, -0.2) is 0 Å². The van der Waals surface area contributed by atoms with Gasteiger partial charge in [0.1, 0.15) is 11.5 Å². The van der Waals surface area contributed by atoms with E-state index in [0.717, 1.165) is 0 Å². The van der Waals surface area contributed by atoms with Crippen molar-refractivity contribution in [3.8, 4) is 0 Å². The summed E-state index contributed by atoms with van der Waals surface area (Å²) in [6.07, 6.45) is -0.239. The molecule has 90 valence electrons. The third-order valence-corrected chi connectivity index (χ3v) is 1.92. The number of Topliss-reactive ketones (excluding diaryl/α,β-unsaturated/α-hetero) is 1. The highest BCUT2D eigenvalue weighted by molar-refractivity contribution is 6.03. The molecule has 0 saturated carbocycles. The van der Waals surface area contributed by atoms with Crippen molar-refractivity contribution < 1.29 is 14.5 Å². The van der Waals surface area contributed by atoms with Crippen LogP contribution in [0.3, 0.4) is 0 Å². The molecule has 7 nitrogen and oxygen atoms in total. The van der Waals surface area contributed by atoms with E-state index in [1.54, 1.807) is 0 Å². The predicted molar refractivity (Wildman–Crippen MR) is 61.4 cm³/mol. The van der Waals surface area contributed by atoms with E-state index >= 15 is 0 Å². The van der Waals surface area contributed by atoms with Gasteiger partial charge in [0.05, 0.1) is 11.3 Å². The van der Waals surface area contributed by atoms with Crippen molar-refractivity contribution in [1.29, 1.82) is 0 Å². The van der Waals surface area contributed by atoms with E-state index in [1.165, 1.54) is 25.1 Å². The summed E-state index contributed by atoms with van der Waals surface area (Å²) in [4.78, 5) is 31.8. The second-order valence-corrected chi connectivity index (χ2v) is 3.46. The molecule has 1 amide bonds. The Balaban J connectivity index is 2.81. The summed E-state index contributed by atoms with van der Waals surface area (Å²) < 4.78 is 0. The molecule has 0 spiro atoms. The van der Waals surface area contributed by atoms with E-state index in [0.29, 0.717) is 5.69 Å². The zero-order valence-corrected chi connectivity index (χ0v) is 9.10. The van der Waals surface area contributed by atoms with Gasteiger partial charge in [-0.15, -0.1) is 0 Å². The number of benzene rings is 1. The lowest BCUT2D eigenvalue weighted by Crippen LogP contribution is -2.14. The molecule has 0 atom stereocenters. The van der Waals surface area contributed by atoms with Crippen LogP contribution in [0, 0.1) is 10.1 Å². The van der Waals surface area contributed by atoms with Crippen LogP contribution in [0.2, 0.25) is 0 Å². The fourth-order valence-corrected chi connectivity index (χ4v) is 1.23. The highest BCUT2D eigenvalue weighted by Crippen LogP contribution is 2.24. The average molecular weight is 237 g/mol. The minimum atomic E-state index is -0.615. The van der Waals surface area contributed by atoms with Crippen molar-refractivity contribution in [1.82, 2.24) is 0 Å². The monoisotopic (exact) mass is 237 g/mol. The number of ketones is 1. The van der Waals surface area contributed by atoms with Crippen LogP contribution in [0.1, 0.15) is 13.3 Å². The minimum absolute atomic E-state index is 0.0457. The minimum Gasteiger partial charge on any atom is -0.393 e. The summed E-state index contributed by atoms with van der Waals surface area (Å²) in [7, 11) is 0. The molecular formula is C10H11N3O4. The summed E-state index contributed by atoms with van der Waals surface area (Å²) in [6.45, 7) is 1.30. The van der Waals surface area contributed by atoms with Crippen molar-refractivity contribution in [3.05, 3.63) is 28.3 Å². The summed E-state index contributed by atoms with van der Waals surface area (Å²) in [5.74, 6) is -0.747. The number of hydrogen-bond acceptors (Lipinski definition) is 5. The van der Waals surface area contributed by atoms with Gasteiger partial charge < -0.3 is 11.1 Å². The average Bonchev–Trinajstić information content (AvgIpc) is 2.15. The molecule has 1 aromatic rings. The molecule has 0 bridgehead atoms. The number of nitrogens with zero attached hydrogens (tertiary/aromatic N) is 1. The molecule has 0 saturated heterocycles. The quantitative estimate of drug-likeness (QED) is 0.352. The molecular weight excluding hydrogens is 226 g/mol. The van der Waals surface area contributed by atoms with E-state index in [4.69, 9.17) is 5.73 Å². The van der Waals surface area contributed by atoms with Gasteiger partial charge in [-0.3, -0.25) is 19.7 Å². The number of nitrogens with two attached hydrogens (primary N) is 1. The molecule has 0 fully saturated rings. The molecule has 1 aromatic carbocycles. The van der Waals surface area contributed by atoms with Crippen LogP contribution in [0.15, 0.2) is 18.2 Å². The van der Waals surface area contributed by atoms with Crippen molar-refractivity contribution in [3.63, 3.8) is 0 Å². The summed E-state index contributed by atoms with van der Waals surface area (Å²) in [5.41, 5.74) is 5.49. The summed E-state index contributed by atoms with van der Waals surface area (Å²) >= 11 is 0. The fraction of sp³-hybridized carbons (Fsp3) is 0.200. The molecule has 3 N–H and O–H groups in total. The van der Waals surface area contributed by atoms with Gasteiger partial charge in [0, 0.05) is 11.8 Å². The number of nitro benzene ring substituents is 1. The van der Waals surface area contributed by atoms with Crippen LogP contribution in [0.5, 0.6) is 0 Å². The van der Waals surface area contributed by atoms with Gasteiger partial charge in [0.2, 0.25) is 5.91 Å². The van der Waals surface area contributed by atoms with E-state index < -0.39 is 10.8 Å². The first-order chi connectivity index (χ1) is 7.90. The molecule has 0 aliphatic rings. The predicted octanol–water partition coefficient (Wildman–Crippen LogP) is 1.09. The van der Waals surface area contributed by atoms with Crippen LogP contribution in [0.25, 0.3) is 0 Å². The molecule has 0 aromatic heterocycles. The summed E-state index contributed by atoms with van der Waals surface area (Å²) in [5, 5.41) is 12.9.